The fourth-order valence-corrected chi connectivity index (χ4v) is 1.57. The molecular formula is C14H18O4. The highest BCUT2D eigenvalue weighted by Crippen LogP contribution is 2.32. The van der Waals surface area contributed by atoms with E-state index < -0.39 is 11.9 Å². The zero-order valence-corrected chi connectivity index (χ0v) is 11.1. The van der Waals surface area contributed by atoms with Crippen molar-refractivity contribution in [3.8, 4) is 5.75 Å². The van der Waals surface area contributed by atoms with E-state index >= 15 is 0 Å². The molecule has 1 aliphatic heterocycles. The number of carbonyl (C=O) groups excluding carboxylic acids is 1. The van der Waals surface area contributed by atoms with E-state index in [1.165, 1.54) is 0 Å². The monoisotopic (exact) mass is 250 g/mol. The summed E-state index contributed by atoms with van der Waals surface area (Å²) >= 11 is 0. The number of esters is 1. The van der Waals surface area contributed by atoms with Gasteiger partial charge in [-0.25, -0.2) is 4.79 Å². The molecule has 1 atom stereocenters. The summed E-state index contributed by atoms with van der Waals surface area (Å²) in [4.78, 5) is 11.8. The molecule has 1 aromatic rings. The molecule has 4 heteroatoms. The normalized spacial score (nSPS) is 23.0. The largest absolute Gasteiger partial charge is 0.429 e. The summed E-state index contributed by atoms with van der Waals surface area (Å²) < 4.78 is 16.4. The molecule has 18 heavy (non-hydrogen) atoms. The van der Waals surface area contributed by atoms with Gasteiger partial charge in [0.2, 0.25) is 0 Å². The maximum Gasteiger partial charge on any atom is 0.370 e. The lowest BCUT2D eigenvalue weighted by atomic mass is 9.99. The molecule has 0 radical (unpaired) electrons. The number of hydrogen-bond acceptors (Lipinski definition) is 4. The second-order valence-corrected chi connectivity index (χ2v) is 5.70. The second-order valence-electron chi connectivity index (χ2n) is 5.70. The molecule has 0 amide bonds. The average Bonchev–Trinajstić information content (AvgIpc) is 2.26. The lowest BCUT2D eigenvalue weighted by Crippen LogP contribution is -2.45. The topological polar surface area (TPSA) is 44.8 Å². The van der Waals surface area contributed by atoms with Gasteiger partial charge in [0.05, 0.1) is 6.61 Å². The summed E-state index contributed by atoms with van der Waals surface area (Å²) in [5, 5.41) is 0. The average molecular weight is 250 g/mol. The Labute approximate surface area is 107 Å². The van der Waals surface area contributed by atoms with Crippen molar-refractivity contribution in [3.05, 3.63) is 29.8 Å². The highest BCUT2D eigenvalue weighted by atomic mass is 16.9. The van der Waals surface area contributed by atoms with Gasteiger partial charge in [-0.2, -0.15) is 0 Å². The molecule has 1 aromatic carbocycles. The number of para-hydroxylation sites is 1. The van der Waals surface area contributed by atoms with Crippen LogP contribution in [-0.4, -0.2) is 18.5 Å². The lowest BCUT2D eigenvalue weighted by molar-refractivity contribution is -0.316. The van der Waals surface area contributed by atoms with Crippen molar-refractivity contribution in [2.75, 3.05) is 6.61 Å². The van der Waals surface area contributed by atoms with Crippen LogP contribution in [0.4, 0.5) is 0 Å². The van der Waals surface area contributed by atoms with Gasteiger partial charge in [-0.15, -0.1) is 0 Å². The van der Waals surface area contributed by atoms with Crippen LogP contribution in [0.2, 0.25) is 0 Å². The van der Waals surface area contributed by atoms with E-state index in [-0.39, 0.29) is 5.41 Å². The molecule has 0 N–H and O–H groups in total. The quantitative estimate of drug-likeness (QED) is 0.757. The number of carbonyl (C=O) groups is 1. The van der Waals surface area contributed by atoms with Gasteiger partial charge < -0.3 is 14.2 Å². The highest BCUT2D eigenvalue weighted by molar-refractivity contribution is 5.93. The Hall–Kier alpha value is -1.55. The molecule has 1 aliphatic rings. The Morgan fingerprint density at radius 3 is 2.56 bits per heavy atom. The molecule has 98 valence electrons. The maximum absolute atomic E-state index is 11.8. The minimum Gasteiger partial charge on any atom is -0.429 e. The Balaban J connectivity index is 2.16. The second kappa shape index (κ2) is 4.28. The van der Waals surface area contributed by atoms with Crippen molar-refractivity contribution in [1.82, 2.24) is 0 Å². The highest BCUT2D eigenvalue weighted by Gasteiger charge is 2.40. The zero-order chi connectivity index (χ0) is 13.4. The van der Waals surface area contributed by atoms with Crippen molar-refractivity contribution in [2.24, 2.45) is 5.41 Å². The summed E-state index contributed by atoms with van der Waals surface area (Å²) in [6.45, 7) is 8.14. The molecule has 0 saturated carbocycles. The third-order valence-corrected chi connectivity index (χ3v) is 2.45. The van der Waals surface area contributed by atoms with Crippen LogP contribution >= 0.6 is 0 Å². The summed E-state index contributed by atoms with van der Waals surface area (Å²) in [6, 6.07) is 6.97. The lowest BCUT2D eigenvalue weighted by Gasteiger charge is -2.35. The predicted octanol–water partition coefficient (Wildman–Crippen LogP) is 2.97. The third kappa shape index (κ3) is 2.82. The van der Waals surface area contributed by atoms with E-state index in [4.69, 9.17) is 14.2 Å². The van der Waals surface area contributed by atoms with Crippen molar-refractivity contribution in [3.63, 3.8) is 0 Å². The summed E-state index contributed by atoms with van der Waals surface area (Å²) in [6.07, 6.45) is 0. The van der Waals surface area contributed by atoms with Crippen LogP contribution in [0, 0.1) is 5.41 Å². The van der Waals surface area contributed by atoms with Gasteiger partial charge >= 0.3 is 11.9 Å². The van der Waals surface area contributed by atoms with E-state index in [1.54, 1.807) is 25.1 Å². The summed E-state index contributed by atoms with van der Waals surface area (Å²) in [5.74, 6) is -1.28. The van der Waals surface area contributed by atoms with Gasteiger partial charge in [0.1, 0.15) is 11.3 Å². The first kappa shape index (κ1) is 12.9. The Kier molecular flexibility index (Phi) is 3.07. The third-order valence-electron chi connectivity index (χ3n) is 2.45. The van der Waals surface area contributed by atoms with Crippen molar-refractivity contribution in [1.29, 1.82) is 0 Å². The van der Waals surface area contributed by atoms with Crippen molar-refractivity contribution in [2.45, 2.75) is 33.7 Å². The number of rotatable bonds is 2. The van der Waals surface area contributed by atoms with Gasteiger partial charge in [-0.3, -0.25) is 0 Å². The molecule has 0 saturated heterocycles. The van der Waals surface area contributed by atoms with Crippen LogP contribution in [0.15, 0.2) is 24.3 Å². The molecule has 0 fully saturated rings. The number of hydrogen-bond donors (Lipinski definition) is 0. The Bertz CT molecular complexity index is 461. The van der Waals surface area contributed by atoms with E-state index in [9.17, 15) is 4.79 Å². The first-order valence-electron chi connectivity index (χ1n) is 5.94. The van der Waals surface area contributed by atoms with Gasteiger partial charge in [0.15, 0.2) is 0 Å². The fourth-order valence-electron chi connectivity index (χ4n) is 1.57. The first-order valence-corrected chi connectivity index (χ1v) is 5.94. The van der Waals surface area contributed by atoms with Crippen molar-refractivity contribution >= 4 is 5.97 Å². The maximum atomic E-state index is 11.8. The van der Waals surface area contributed by atoms with Gasteiger partial charge in [0.25, 0.3) is 0 Å². The summed E-state index contributed by atoms with van der Waals surface area (Å²) in [5.41, 5.74) is 0.393. The zero-order valence-electron chi connectivity index (χ0n) is 11.1. The smallest absolute Gasteiger partial charge is 0.370 e. The SMILES string of the molecule is CC(C)(C)COC1(C)OC(=O)c2ccccc2O1. The predicted molar refractivity (Wildman–Crippen MR) is 66.3 cm³/mol. The van der Waals surface area contributed by atoms with Crippen LogP contribution in [0.25, 0.3) is 0 Å². The van der Waals surface area contributed by atoms with Crippen LogP contribution in [0.3, 0.4) is 0 Å². The van der Waals surface area contributed by atoms with Gasteiger partial charge in [-0.1, -0.05) is 32.9 Å². The minimum atomic E-state index is -1.35. The molecule has 0 aliphatic carbocycles. The number of benzene rings is 1. The van der Waals surface area contributed by atoms with E-state index in [0.717, 1.165) is 0 Å². The molecule has 0 spiro atoms. The van der Waals surface area contributed by atoms with Crippen LogP contribution in [0.5, 0.6) is 5.75 Å². The molecule has 1 unspecified atom stereocenters. The Morgan fingerprint density at radius 1 is 1.22 bits per heavy atom. The molecule has 0 aromatic heterocycles. The molecular weight excluding hydrogens is 232 g/mol. The van der Waals surface area contributed by atoms with Crippen LogP contribution in [-0.2, 0) is 9.47 Å². The van der Waals surface area contributed by atoms with E-state index in [2.05, 4.69) is 0 Å². The molecule has 2 rings (SSSR count). The number of cyclic esters (lactones) is 1. The summed E-state index contributed by atoms with van der Waals surface area (Å²) in [7, 11) is 0. The van der Waals surface area contributed by atoms with E-state index in [1.807, 2.05) is 26.8 Å². The Morgan fingerprint density at radius 2 is 1.89 bits per heavy atom. The number of fused-ring (bicyclic) bond motifs is 1. The number of ether oxygens (including phenoxy) is 3. The van der Waals surface area contributed by atoms with E-state index in [0.29, 0.717) is 17.9 Å². The van der Waals surface area contributed by atoms with Crippen LogP contribution < -0.4 is 4.74 Å². The van der Waals surface area contributed by atoms with Crippen molar-refractivity contribution < 1.29 is 19.0 Å². The van der Waals surface area contributed by atoms with Crippen LogP contribution in [0.1, 0.15) is 38.1 Å². The van der Waals surface area contributed by atoms with Gasteiger partial charge in [0, 0.05) is 6.92 Å². The first-order chi connectivity index (χ1) is 8.29. The standard InChI is InChI=1S/C14H18O4/c1-13(2,3)9-16-14(4)17-11-8-6-5-7-10(11)12(15)18-14/h5-8H,9H2,1-4H3. The minimum absolute atomic E-state index is 0.0320. The molecule has 4 nitrogen and oxygen atoms in total. The molecule has 1 heterocycles. The fraction of sp³-hybridized carbons (Fsp3) is 0.500. The molecule has 0 bridgehead atoms. The van der Waals surface area contributed by atoms with Gasteiger partial charge in [-0.05, 0) is 17.5 Å².